The number of aromatic nitrogens is 1. The van der Waals surface area contributed by atoms with Crippen molar-refractivity contribution >= 4 is 26.8 Å². The number of rotatable bonds is 0. The molecule has 14 heavy (non-hydrogen) atoms. The fourth-order valence-electron chi connectivity index (χ4n) is 1.50. The van der Waals surface area contributed by atoms with E-state index < -0.39 is 0 Å². The van der Waals surface area contributed by atoms with Gasteiger partial charge in [-0.2, -0.15) is 0 Å². The first-order valence-corrected chi connectivity index (χ1v) is 5.17. The Morgan fingerprint density at radius 2 is 2.00 bits per heavy atom. The van der Waals surface area contributed by atoms with Gasteiger partial charge in [-0.25, -0.2) is 0 Å². The van der Waals surface area contributed by atoms with Crippen molar-refractivity contribution in [2.75, 3.05) is 0 Å². The molecule has 3 heteroatoms. The van der Waals surface area contributed by atoms with E-state index in [4.69, 9.17) is 0 Å². The molecular formula is C11H10BrNO. The minimum absolute atomic E-state index is 0.0555. The molecule has 0 fully saturated rings. The smallest absolute Gasteiger partial charge is 0.203 e. The monoisotopic (exact) mass is 251 g/mol. The zero-order valence-electron chi connectivity index (χ0n) is 8.02. The van der Waals surface area contributed by atoms with Crippen LogP contribution in [0.15, 0.2) is 27.5 Å². The average Bonchev–Trinajstić information content (AvgIpc) is 2.16. The van der Waals surface area contributed by atoms with Crippen LogP contribution in [0.25, 0.3) is 10.9 Å². The molecule has 0 saturated heterocycles. The third-order valence-electron chi connectivity index (χ3n) is 2.27. The van der Waals surface area contributed by atoms with Gasteiger partial charge in [0.05, 0.1) is 4.47 Å². The molecule has 0 unspecified atom stereocenters. The van der Waals surface area contributed by atoms with Gasteiger partial charge in [0.1, 0.15) is 0 Å². The molecule has 0 aliphatic carbocycles. The number of benzene rings is 1. The molecule has 0 radical (unpaired) electrons. The summed E-state index contributed by atoms with van der Waals surface area (Å²) < 4.78 is 0.621. The first-order valence-electron chi connectivity index (χ1n) is 4.38. The summed E-state index contributed by atoms with van der Waals surface area (Å²) in [4.78, 5) is 15.0. The molecule has 0 saturated carbocycles. The van der Waals surface area contributed by atoms with Crippen LogP contribution in [0.1, 0.15) is 11.3 Å². The highest BCUT2D eigenvalue weighted by atomic mass is 79.9. The minimum atomic E-state index is 0.0555. The van der Waals surface area contributed by atoms with Crippen molar-refractivity contribution in [2.45, 2.75) is 13.8 Å². The summed E-state index contributed by atoms with van der Waals surface area (Å²) in [6.45, 7) is 3.86. The van der Waals surface area contributed by atoms with Crippen LogP contribution < -0.4 is 5.43 Å². The topological polar surface area (TPSA) is 32.9 Å². The molecule has 1 N–H and O–H groups in total. The third kappa shape index (κ3) is 1.38. The van der Waals surface area contributed by atoms with Crippen molar-refractivity contribution < 1.29 is 0 Å². The van der Waals surface area contributed by atoms with Gasteiger partial charge < -0.3 is 4.98 Å². The van der Waals surface area contributed by atoms with Gasteiger partial charge in [0, 0.05) is 16.6 Å². The lowest BCUT2D eigenvalue weighted by Gasteiger charge is -2.03. The lowest BCUT2D eigenvalue weighted by molar-refractivity contribution is 1.21. The molecule has 2 aromatic rings. The Kier molecular flexibility index (Phi) is 2.19. The molecule has 0 bridgehead atoms. The van der Waals surface area contributed by atoms with Crippen LogP contribution in [0.2, 0.25) is 0 Å². The highest BCUT2D eigenvalue weighted by molar-refractivity contribution is 9.10. The van der Waals surface area contributed by atoms with E-state index in [1.807, 2.05) is 32.0 Å². The lowest BCUT2D eigenvalue weighted by atomic mass is 10.1. The Labute approximate surface area is 90.1 Å². The summed E-state index contributed by atoms with van der Waals surface area (Å²) in [5, 5.41) is 0.738. The summed E-state index contributed by atoms with van der Waals surface area (Å²) >= 11 is 3.28. The van der Waals surface area contributed by atoms with E-state index in [0.717, 1.165) is 22.2 Å². The number of nitrogens with one attached hydrogen (secondary N) is 1. The van der Waals surface area contributed by atoms with Crippen molar-refractivity contribution in [1.82, 2.24) is 4.98 Å². The van der Waals surface area contributed by atoms with Crippen LogP contribution in [0.4, 0.5) is 0 Å². The zero-order valence-corrected chi connectivity index (χ0v) is 9.60. The van der Waals surface area contributed by atoms with Crippen LogP contribution in [-0.2, 0) is 0 Å². The van der Waals surface area contributed by atoms with Crippen molar-refractivity contribution in [3.63, 3.8) is 0 Å². The Morgan fingerprint density at radius 1 is 1.29 bits per heavy atom. The van der Waals surface area contributed by atoms with Crippen LogP contribution in [0.5, 0.6) is 0 Å². The molecule has 0 aliphatic heterocycles. The van der Waals surface area contributed by atoms with Crippen molar-refractivity contribution in [3.8, 4) is 0 Å². The fourth-order valence-corrected chi connectivity index (χ4v) is 1.81. The number of hydrogen-bond acceptors (Lipinski definition) is 1. The van der Waals surface area contributed by atoms with Gasteiger partial charge in [-0.3, -0.25) is 4.79 Å². The molecule has 0 amide bonds. The Balaban J connectivity index is 2.99. The molecule has 0 aliphatic rings. The number of H-pyrrole nitrogens is 1. The molecule has 1 aromatic carbocycles. The van der Waals surface area contributed by atoms with Crippen LogP contribution in [0.3, 0.4) is 0 Å². The van der Waals surface area contributed by atoms with Gasteiger partial charge in [-0.1, -0.05) is 11.6 Å². The molecule has 2 rings (SSSR count). The number of fused-ring (bicyclic) bond motifs is 1. The summed E-state index contributed by atoms with van der Waals surface area (Å²) in [5.41, 5.74) is 2.91. The normalized spacial score (nSPS) is 10.8. The van der Waals surface area contributed by atoms with Gasteiger partial charge in [-0.15, -0.1) is 0 Å². The second-order valence-electron chi connectivity index (χ2n) is 3.44. The number of aryl methyl sites for hydroxylation is 2. The van der Waals surface area contributed by atoms with Crippen LogP contribution in [0, 0.1) is 13.8 Å². The second kappa shape index (κ2) is 3.24. The average molecular weight is 252 g/mol. The Hall–Kier alpha value is -1.09. The predicted molar refractivity (Wildman–Crippen MR) is 61.7 cm³/mol. The van der Waals surface area contributed by atoms with Crippen molar-refractivity contribution in [2.24, 2.45) is 0 Å². The summed E-state index contributed by atoms with van der Waals surface area (Å²) in [6, 6.07) is 5.83. The van der Waals surface area contributed by atoms with Crippen molar-refractivity contribution in [3.05, 3.63) is 44.2 Å². The standard InChI is InChI=1S/C11H10BrNO/c1-6-3-4-9-8(5-6)11(14)10(12)7(2)13-9/h3-5H,1-2H3,(H,13,14). The third-order valence-corrected chi connectivity index (χ3v) is 3.23. The summed E-state index contributed by atoms with van der Waals surface area (Å²) in [6.07, 6.45) is 0. The summed E-state index contributed by atoms with van der Waals surface area (Å²) in [5.74, 6) is 0. The Bertz CT molecular complexity index is 557. The highest BCUT2D eigenvalue weighted by Crippen LogP contribution is 2.16. The molecule has 2 nitrogen and oxygen atoms in total. The molecule has 0 spiro atoms. The van der Waals surface area contributed by atoms with Gasteiger partial charge >= 0.3 is 0 Å². The highest BCUT2D eigenvalue weighted by Gasteiger charge is 2.05. The molecule has 1 heterocycles. The number of hydrogen-bond donors (Lipinski definition) is 1. The first kappa shape index (κ1) is 9.46. The summed E-state index contributed by atoms with van der Waals surface area (Å²) in [7, 11) is 0. The van der Waals surface area contributed by atoms with Gasteiger partial charge in [0.25, 0.3) is 0 Å². The van der Waals surface area contributed by atoms with Crippen molar-refractivity contribution in [1.29, 1.82) is 0 Å². The lowest BCUT2D eigenvalue weighted by Crippen LogP contribution is -2.06. The quantitative estimate of drug-likeness (QED) is 0.768. The first-order chi connectivity index (χ1) is 6.59. The number of pyridine rings is 1. The number of aromatic amines is 1. The predicted octanol–water partition coefficient (Wildman–Crippen LogP) is 2.91. The van der Waals surface area contributed by atoms with Gasteiger partial charge in [0.15, 0.2) is 0 Å². The van der Waals surface area contributed by atoms with E-state index in [-0.39, 0.29) is 5.43 Å². The molecule has 1 aromatic heterocycles. The maximum Gasteiger partial charge on any atom is 0.203 e. The minimum Gasteiger partial charge on any atom is -0.357 e. The van der Waals surface area contributed by atoms with Gasteiger partial charge in [-0.05, 0) is 41.9 Å². The zero-order chi connectivity index (χ0) is 10.3. The van der Waals surface area contributed by atoms with Crippen LogP contribution in [-0.4, -0.2) is 4.98 Å². The van der Waals surface area contributed by atoms with E-state index in [1.165, 1.54) is 0 Å². The maximum atomic E-state index is 11.8. The SMILES string of the molecule is Cc1ccc2[nH]c(C)c(Br)c(=O)c2c1. The maximum absolute atomic E-state index is 11.8. The van der Waals surface area contributed by atoms with E-state index in [0.29, 0.717) is 4.47 Å². The molecular weight excluding hydrogens is 242 g/mol. The van der Waals surface area contributed by atoms with E-state index in [9.17, 15) is 4.79 Å². The molecule has 72 valence electrons. The fraction of sp³-hybridized carbons (Fsp3) is 0.182. The van der Waals surface area contributed by atoms with E-state index >= 15 is 0 Å². The van der Waals surface area contributed by atoms with E-state index in [1.54, 1.807) is 0 Å². The van der Waals surface area contributed by atoms with Crippen LogP contribution >= 0.6 is 15.9 Å². The number of halogens is 1. The largest absolute Gasteiger partial charge is 0.357 e. The molecule has 0 atom stereocenters. The Morgan fingerprint density at radius 3 is 2.71 bits per heavy atom. The van der Waals surface area contributed by atoms with E-state index in [2.05, 4.69) is 20.9 Å². The second-order valence-corrected chi connectivity index (χ2v) is 4.24. The van der Waals surface area contributed by atoms with Gasteiger partial charge in [0.2, 0.25) is 5.43 Å².